The Balaban J connectivity index is 2.26. The second-order valence-corrected chi connectivity index (χ2v) is 7.74. The predicted octanol–water partition coefficient (Wildman–Crippen LogP) is 4.35. The third kappa shape index (κ3) is 4.53. The fraction of sp³-hybridized carbons (Fsp3) is 0.300. The van der Waals surface area contributed by atoms with E-state index in [0.717, 1.165) is 6.16 Å². The molecular formula is C20H25OP. The van der Waals surface area contributed by atoms with Gasteiger partial charge in [0.2, 0.25) is 0 Å². The molecule has 1 nitrogen and oxygen atoms in total. The second-order valence-electron chi connectivity index (χ2n) is 5.49. The highest BCUT2D eigenvalue weighted by atomic mass is 31.1. The van der Waals surface area contributed by atoms with E-state index in [0.29, 0.717) is 5.92 Å². The van der Waals surface area contributed by atoms with Crippen LogP contribution in [0.2, 0.25) is 0 Å². The van der Waals surface area contributed by atoms with Crippen LogP contribution < -0.4 is 10.6 Å². The van der Waals surface area contributed by atoms with Crippen molar-refractivity contribution in [2.75, 3.05) is 13.3 Å². The molecule has 0 heterocycles. The lowest BCUT2D eigenvalue weighted by molar-refractivity contribution is 0.105. The molecule has 0 spiro atoms. The summed E-state index contributed by atoms with van der Waals surface area (Å²) in [6, 6.07) is 21.7. The molecule has 2 rings (SSSR count). The zero-order valence-corrected chi connectivity index (χ0v) is 14.5. The van der Waals surface area contributed by atoms with Gasteiger partial charge in [0, 0.05) is 7.11 Å². The minimum absolute atomic E-state index is 0.183. The third-order valence-corrected chi connectivity index (χ3v) is 6.61. The summed E-state index contributed by atoms with van der Waals surface area (Å²) in [5, 5.41) is 2.87. The summed E-state index contributed by atoms with van der Waals surface area (Å²) in [5.74, 6) is 0.479. The number of hydrogen-bond donors (Lipinski definition) is 0. The van der Waals surface area contributed by atoms with Gasteiger partial charge in [-0.1, -0.05) is 79.7 Å². The summed E-state index contributed by atoms with van der Waals surface area (Å²) in [4.78, 5) is 0. The molecule has 22 heavy (non-hydrogen) atoms. The smallest absolute Gasteiger partial charge is 0.0780 e. The Morgan fingerprint density at radius 2 is 1.45 bits per heavy atom. The summed E-state index contributed by atoms with van der Waals surface area (Å²) in [6.45, 7) is 4.34. The topological polar surface area (TPSA) is 9.23 Å². The molecule has 0 aliphatic carbocycles. The quantitative estimate of drug-likeness (QED) is 0.546. The van der Waals surface area contributed by atoms with E-state index < -0.39 is 0 Å². The van der Waals surface area contributed by atoms with Gasteiger partial charge in [0.1, 0.15) is 0 Å². The summed E-state index contributed by atoms with van der Waals surface area (Å²) < 4.78 is 5.65. The van der Waals surface area contributed by atoms with Crippen molar-refractivity contribution in [3.05, 3.63) is 72.8 Å². The fourth-order valence-electron chi connectivity index (χ4n) is 2.66. The Labute approximate surface area is 135 Å². The molecule has 0 saturated carbocycles. The van der Waals surface area contributed by atoms with E-state index in [9.17, 15) is 0 Å². The van der Waals surface area contributed by atoms with Crippen LogP contribution in [0.1, 0.15) is 13.8 Å². The Kier molecular flexibility index (Phi) is 6.83. The Bertz CT molecular complexity index is 525. The van der Waals surface area contributed by atoms with E-state index in [1.807, 2.05) is 0 Å². The largest absolute Gasteiger partial charge is 0.377 e. The number of allylic oxidation sites excluding steroid dienone is 1. The fourth-order valence-corrected chi connectivity index (χ4v) is 5.23. The maximum Gasteiger partial charge on any atom is 0.0780 e. The van der Waals surface area contributed by atoms with Crippen LogP contribution in [0, 0.1) is 5.92 Å². The van der Waals surface area contributed by atoms with Crippen molar-refractivity contribution in [2.45, 2.75) is 20.0 Å². The van der Waals surface area contributed by atoms with Crippen molar-refractivity contribution in [1.82, 2.24) is 0 Å². The molecule has 2 heteroatoms. The van der Waals surface area contributed by atoms with Crippen LogP contribution in [-0.2, 0) is 4.74 Å². The van der Waals surface area contributed by atoms with Gasteiger partial charge in [0.15, 0.2) is 0 Å². The summed E-state index contributed by atoms with van der Waals surface area (Å²) in [6.07, 6.45) is 5.56. The van der Waals surface area contributed by atoms with Crippen LogP contribution in [0.15, 0.2) is 72.8 Å². The van der Waals surface area contributed by atoms with Gasteiger partial charge in [-0.05, 0) is 37.5 Å². The van der Waals surface area contributed by atoms with Crippen molar-refractivity contribution in [2.24, 2.45) is 5.92 Å². The Hall–Kier alpha value is -1.43. The highest BCUT2D eigenvalue weighted by molar-refractivity contribution is 7.73. The van der Waals surface area contributed by atoms with Gasteiger partial charge in [0.05, 0.1) is 6.10 Å². The molecule has 0 N–H and O–H groups in total. The molecule has 0 bridgehead atoms. The molecule has 0 amide bonds. The lowest BCUT2D eigenvalue weighted by Gasteiger charge is -2.26. The van der Waals surface area contributed by atoms with Crippen LogP contribution in [0.5, 0.6) is 0 Å². The lowest BCUT2D eigenvalue weighted by atomic mass is 10.1. The van der Waals surface area contributed by atoms with Crippen LogP contribution in [-0.4, -0.2) is 19.4 Å². The molecule has 0 saturated heterocycles. The molecule has 0 radical (unpaired) electrons. The van der Waals surface area contributed by atoms with Gasteiger partial charge in [-0.2, -0.15) is 0 Å². The zero-order valence-electron chi connectivity index (χ0n) is 13.6. The zero-order chi connectivity index (χ0) is 15.8. The SMILES string of the molecule is C/C=C/[C@@H](OC)[C@H](C)CP(c1ccccc1)c1ccccc1. The maximum absolute atomic E-state index is 5.65. The minimum Gasteiger partial charge on any atom is -0.377 e. The molecule has 0 unspecified atom stereocenters. The van der Waals surface area contributed by atoms with E-state index in [1.165, 1.54) is 10.6 Å². The van der Waals surface area contributed by atoms with Gasteiger partial charge < -0.3 is 4.74 Å². The third-order valence-electron chi connectivity index (χ3n) is 3.82. The predicted molar refractivity (Wildman–Crippen MR) is 98.7 cm³/mol. The van der Waals surface area contributed by atoms with Gasteiger partial charge in [-0.25, -0.2) is 0 Å². The minimum atomic E-state index is -0.353. The van der Waals surface area contributed by atoms with E-state index in [-0.39, 0.29) is 14.0 Å². The second kappa shape index (κ2) is 8.88. The molecule has 2 aromatic carbocycles. The maximum atomic E-state index is 5.65. The normalized spacial score (nSPS) is 14.4. The molecule has 2 atom stereocenters. The first kappa shape index (κ1) is 16.9. The van der Waals surface area contributed by atoms with Crippen LogP contribution in [0.3, 0.4) is 0 Å². The molecule has 2 aromatic rings. The van der Waals surface area contributed by atoms with Crippen molar-refractivity contribution in [1.29, 1.82) is 0 Å². The summed E-state index contributed by atoms with van der Waals surface area (Å²) in [5.41, 5.74) is 0. The van der Waals surface area contributed by atoms with Crippen LogP contribution >= 0.6 is 7.92 Å². The average Bonchev–Trinajstić information content (AvgIpc) is 2.59. The molecule has 116 valence electrons. The first-order valence-electron chi connectivity index (χ1n) is 7.79. The molecule has 0 fully saturated rings. The molecule has 0 aliphatic rings. The van der Waals surface area contributed by atoms with Crippen molar-refractivity contribution in [3.63, 3.8) is 0 Å². The van der Waals surface area contributed by atoms with Crippen LogP contribution in [0.25, 0.3) is 0 Å². The van der Waals surface area contributed by atoms with Crippen LogP contribution in [0.4, 0.5) is 0 Å². The van der Waals surface area contributed by atoms with Gasteiger partial charge in [-0.15, -0.1) is 0 Å². The number of ether oxygens (including phenoxy) is 1. The highest BCUT2D eigenvalue weighted by Crippen LogP contribution is 2.37. The number of methoxy groups -OCH3 is 1. The standard InChI is InChI=1S/C20H25OP/c1-4-11-20(21-3)17(2)16-22(18-12-7-5-8-13-18)19-14-9-6-10-15-19/h4-15,17,20H,16H2,1-3H3/b11-4+/t17-,20-/m1/s1. The first-order valence-corrected chi connectivity index (χ1v) is 9.32. The molecule has 0 aromatic heterocycles. The summed E-state index contributed by atoms with van der Waals surface area (Å²) >= 11 is 0. The monoisotopic (exact) mass is 312 g/mol. The Morgan fingerprint density at radius 3 is 1.86 bits per heavy atom. The van der Waals surface area contributed by atoms with Crippen molar-refractivity contribution in [3.8, 4) is 0 Å². The van der Waals surface area contributed by atoms with E-state index in [2.05, 4.69) is 86.7 Å². The van der Waals surface area contributed by atoms with E-state index >= 15 is 0 Å². The highest BCUT2D eigenvalue weighted by Gasteiger charge is 2.21. The van der Waals surface area contributed by atoms with Gasteiger partial charge >= 0.3 is 0 Å². The average molecular weight is 312 g/mol. The van der Waals surface area contributed by atoms with Crippen molar-refractivity contribution < 1.29 is 4.74 Å². The van der Waals surface area contributed by atoms with Gasteiger partial charge in [-0.3, -0.25) is 0 Å². The Morgan fingerprint density at radius 1 is 0.955 bits per heavy atom. The number of benzene rings is 2. The lowest BCUT2D eigenvalue weighted by Crippen LogP contribution is -2.25. The molecule has 0 aliphatic heterocycles. The van der Waals surface area contributed by atoms with Gasteiger partial charge in [0.25, 0.3) is 0 Å². The number of hydrogen-bond acceptors (Lipinski definition) is 1. The first-order chi connectivity index (χ1) is 10.8. The number of rotatable bonds is 7. The van der Waals surface area contributed by atoms with E-state index in [1.54, 1.807) is 7.11 Å². The van der Waals surface area contributed by atoms with E-state index in [4.69, 9.17) is 4.74 Å². The molecular weight excluding hydrogens is 287 g/mol. The summed E-state index contributed by atoms with van der Waals surface area (Å²) in [7, 11) is 1.45. The van der Waals surface area contributed by atoms with Crippen molar-refractivity contribution >= 4 is 18.5 Å².